The third kappa shape index (κ3) is 3.48. The maximum absolute atomic E-state index is 14.2. The van der Waals surface area contributed by atoms with Crippen molar-refractivity contribution in [2.24, 2.45) is 0 Å². The zero-order chi connectivity index (χ0) is 20.4. The minimum absolute atomic E-state index is 0.0808. The zero-order valence-corrected chi connectivity index (χ0v) is 16.5. The van der Waals surface area contributed by atoms with E-state index in [1.807, 2.05) is 38.1 Å². The normalized spacial score (nSPS) is 11.1. The van der Waals surface area contributed by atoms with Gasteiger partial charge < -0.3 is 0 Å². The Labute approximate surface area is 169 Å². The van der Waals surface area contributed by atoms with Gasteiger partial charge in [0.1, 0.15) is 22.6 Å². The number of hydrogen-bond acceptors (Lipinski definition) is 4. The van der Waals surface area contributed by atoms with E-state index in [1.165, 1.54) is 28.8 Å². The lowest BCUT2D eigenvalue weighted by atomic mass is 10.1. The minimum atomic E-state index is -0.565. The van der Waals surface area contributed by atoms with Crippen molar-refractivity contribution in [3.8, 4) is 17.8 Å². The molecule has 0 aliphatic rings. The van der Waals surface area contributed by atoms with Crippen molar-refractivity contribution >= 4 is 34.6 Å². The second-order valence-electron chi connectivity index (χ2n) is 6.08. The molecule has 0 saturated carbocycles. The Kier molecular flexibility index (Phi) is 5.46. The molecule has 4 nitrogen and oxygen atoms in total. The molecule has 0 aliphatic heterocycles. The van der Waals surface area contributed by atoms with Gasteiger partial charge in [0.2, 0.25) is 0 Å². The summed E-state index contributed by atoms with van der Waals surface area (Å²) in [5.74, 6) is -0.565. The number of halogens is 2. The van der Waals surface area contributed by atoms with Crippen LogP contribution in [0.4, 0.5) is 4.39 Å². The summed E-state index contributed by atoms with van der Waals surface area (Å²) in [6.45, 7) is 3.77. The van der Waals surface area contributed by atoms with Crippen LogP contribution in [0.1, 0.15) is 16.7 Å². The maximum Gasteiger partial charge on any atom is 0.273 e. The van der Waals surface area contributed by atoms with Gasteiger partial charge >= 0.3 is 0 Å². The Morgan fingerprint density at radius 1 is 1.21 bits per heavy atom. The standard InChI is InChI=1S/C21H13ClFN3OS/c1-12-6-7-18(13(2)8-12)26-20(27)19(28-21(26)14(10-24)11-25)9-15-16(22)4-3-5-17(15)23/h3-9H,1-2H3/b19-9+. The number of hydrogen-bond donors (Lipinski definition) is 0. The highest BCUT2D eigenvalue weighted by Crippen LogP contribution is 2.19. The topological polar surface area (TPSA) is 69.6 Å². The van der Waals surface area contributed by atoms with Gasteiger partial charge in [0.15, 0.2) is 5.57 Å². The van der Waals surface area contributed by atoms with Gasteiger partial charge in [-0.3, -0.25) is 9.36 Å². The number of aryl methyl sites for hydroxylation is 2. The van der Waals surface area contributed by atoms with Crippen molar-refractivity contribution in [1.82, 2.24) is 4.57 Å². The Morgan fingerprint density at radius 3 is 2.54 bits per heavy atom. The molecule has 0 aliphatic carbocycles. The Hall–Kier alpha value is -3.19. The molecule has 138 valence electrons. The molecule has 7 heteroatoms. The van der Waals surface area contributed by atoms with Crippen LogP contribution in [0.2, 0.25) is 5.02 Å². The van der Waals surface area contributed by atoms with Gasteiger partial charge in [-0.05, 0) is 43.7 Å². The number of benzene rings is 2. The predicted octanol–water partition coefficient (Wildman–Crippen LogP) is 3.34. The molecule has 0 atom stereocenters. The second-order valence-corrected chi connectivity index (χ2v) is 7.52. The third-order valence-electron chi connectivity index (χ3n) is 4.13. The van der Waals surface area contributed by atoms with E-state index in [2.05, 4.69) is 0 Å². The lowest BCUT2D eigenvalue weighted by Gasteiger charge is -2.07. The molecule has 0 amide bonds. The molecule has 0 saturated heterocycles. The molecule has 0 bridgehead atoms. The molecule has 28 heavy (non-hydrogen) atoms. The van der Waals surface area contributed by atoms with E-state index >= 15 is 0 Å². The summed E-state index contributed by atoms with van der Waals surface area (Å²) in [5.41, 5.74) is 1.82. The second kappa shape index (κ2) is 7.82. The van der Waals surface area contributed by atoms with E-state index in [1.54, 1.807) is 6.07 Å². The zero-order valence-electron chi connectivity index (χ0n) is 15.0. The van der Waals surface area contributed by atoms with E-state index in [0.29, 0.717) is 5.69 Å². The first kappa shape index (κ1) is 19.6. The van der Waals surface area contributed by atoms with E-state index in [9.17, 15) is 19.7 Å². The number of nitriles is 2. The van der Waals surface area contributed by atoms with Crippen molar-refractivity contribution in [2.75, 3.05) is 0 Å². The Bertz CT molecular complexity index is 1320. The first-order chi connectivity index (χ1) is 13.4. The fourth-order valence-electron chi connectivity index (χ4n) is 2.83. The highest BCUT2D eigenvalue weighted by Gasteiger charge is 2.14. The average Bonchev–Trinajstić information content (AvgIpc) is 2.96. The lowest BCUT2D eigenvalue weighted by Crippen LogP contribution is -2.31. The predicted molar refractivity (Wildman–Crippen MR) is 108 cm³/mol. The van der Waals surface area contributed by atoms with Crippen LogP contribution >= 0.6 is 22.9 Å². The number of thiazole rings is 1. The van der Waals surface area contributed by atoms with Crippen molar-refractivity contribution in [3.05, 3.63) is 83.5 Å². The van der Waals surface area contributed by atoms with E-state index < -0.39 is 11.4 Å². The minimum Gasteiger partial charge on any atom is -0.267 e. The summed E-state index contributed by atoms with van der Waals surface area (Å²) in [5, 5.41) is 18.8. The molecular weight excluding hydrogens is 397 g/mol. The highest BCUT2D eigenvalue weighted by atomic mass is 35.5. The lowest BCUT2D eigenvalue weighted by molar-refractivity contribution is 0.625. The molecular formula is C21H13ClFN3OS. The molecule has 0 fully saturated rings. The van der Waals surface area contributed by atoms with E-state index in [4.69, 9.17) is 11.6 Å². The summed E-state index contributed by atoms with van der Waals surface area (Å²) in [6, 6.07) is 13.4. The van der Waals surface area contributed by atoms with Crippen LogP contribution in [-0.2, 0) is 0 Å². The molecule has 1 heterocycles. The fourth-order valence-corrected chi connectivity index (χ4v) is 4.07. The molecule has 3 aromatic rings. The Balaban J connectivity index is 2.47. The summed E-state index contributed by atoms with van der Waals surface area (Å²) in [7, 11) is 0. The molecule has 0 radical (unpaired) electrons. The van der Waals surface area contributed by atoms with Crippen molar-refractivity contribution in [1.29, 1.82) is 10.5 Å². The fraction of sp³-hybridized carbons (Fsp3) is 0.0952. The van der Waals surface area contributed by atoms with Crippen molar-refractivity contribution < 1.29 is 4.39 Å². The summed E-state index contributed by atoms with van der Waals surface area (Å²) in [6.07, 6.45) is 1.35. The van der Waals surface area contributed by atoms with Gasteiger partial charge in [0.25, 0.3) is 5.56 Å². The van der Waals surface area contributed by atoms with Crippen molar-refractivity contribution in [3.63, 3.8) is 0 Å². The molecule has 3 rings (SSSR count). The van der Waals surface area contributed by atoms with Gasteiger partial charge in [-0.15, -0.1) is 11.3 Å². The van der Waals surface area contributed by atoms with E-state index in [0.717, 1.165) is 22.5 Å². The molecule has 0 N–H and O–H groups in total. The first-order valence-corrected chi connectivity index (χ1v) is 9.36. The summed E-state index contributed by atoms with van der Waals surface area (Å²) >= 11 is 7.02. The summed E-state index contributed by atoms with van der Waals surface area (Å²) < 4.78 is 15.9. The molecule has 2 aromatic carbocycles. The summed E-state index contributed by atoms with van der Waals surface area (Å²) in [4.78, 5) is 13.1. The molecule has 0 unspecified atom stereocenters. The number of aromatic nitrogens is 1. The van der Waals surface area contributed by atoms with Crippen LogP contribution in [0, 0.1) is 42.3 Å². The monoisotopic (exact) mass is 409 g/mol. The average molecular weight is 410 g/mol. The van der Waals surface area contributed by atoms with Gasteiger partial charge in [-0.25, -0.2) is 4.39 Å². The largest absolute Gasteiger partial charge is 0.273 e. The smallest absolute Gasteiger partial charge is 0.267 e. The first-order valence-electron chi connectivity index (χ1n) is 8.17. The number of rotatable bonds is 2. The highest BCUT2D eigenvalue weighted by molar-refractivity contribution is 7.07. The van der Waals surface area contributed by atoms with Gasteiger partial charge in [-0.1, -0.05) is 35.4 Å². The SMILES string of the molecule is Cc1ccc(-n2c(=C(C#N)C#N)s/c(=C/c3c(F)cccc3Cl)c2=O)c(C)c1. The van der Waals surface area contributed by atoms with Crippen LogP contribution in [0.25, 0.3) is 17.3 Å². The van der Waals surface area contributed by atoms with Crippen LogP contribution in [0.15, 0.2) is 41.2 Å². The number of nitrogens with zero attached hydrogens (tertiary/aromatic N) is 3. The van der Waals surface area contributed by atoms with Crippen molar-refractivity contribution in [2.45, 2.75) is 13.8 Å². The van der Waals surface area contributed by atoms with Gasteiger partial charge in [0.05, 0.1) is 15.2 Å². The van der Waals surface area contributed by atoms with Gasteiger partial charge in [0, 0.05) is 5.56 Å². The Morgan fingerprint density at radius 2 is 1.93 bits per heavy atom. The van der Waals surface area contributed by atoms with E-state index in [-0.39, 0.29) is 25.4 Å². The van der Waals surface area contributed by atoms with Crippen LogP contribution in [-0.4, -0.2) is 4.57 Å². The van der Waals surface area contributed by atoms with Gasteiger partial charge in [-0.2, -0.15) is 10.5 Å². The molecule has 1 aromatic heterocycles. The van der Waals surface area contributed by atoms with Crippen LogP contribution < -0.4 is 14.8 Å². The molecule has 0 spiro atoms. The maximum atomic E-state index is 14.2. The quantitative estimate of drug-likeness (QED) is 0.651. The third-order valence-corrected chi connectivity index (χ3v) is 5.55. The van der Waals surface area contributed by atoms with Crippen LogP contribution in [0.5, 0.6) is 0 Å². The van der Waals surface area contributed by atoms with Crippen LogP contribution in [0.3, 0.4) is 0 Å².